The first-order valence-electron chi connectivity index (χ1n) is 6.85. The van der Waals surface area contributed by atoms with Crippen LogP contribution >= 0.6 is 0 Å². The van der Waals surface area contributed by atoms with E-state index < -0.39 is 0 Å². The first-order chi connectivity index (χ1) is 8.24. The molecule has 1 unspecified atom stereocenters. The zero-order chi connectivity index (χ0) is 12.3. The average Bonchev–Trinajstić information content (AvgIpc) is 3.16. The number of rotatable bonds is 8. The SMILES string of the molecule is CCOC(CN)CC(=O)N(CC1CC1)C1CC1. The molecule has 4 nitrogen and oxygen atoms in total. The minimum atomic E-state index is -0.104. The van der Waals surface area contributed by atoms with Crippen LogP contribution in [0, 0.1) is 5.92 Å². The van der Waals surface area contributed by atoms with Crippen LogP contribution in [-0.4, -0.2) is 42.6 Å². The van der Waals surface area contributed by atoms with Gasteiger partial charge in [-0.15, -0.1) is 0 Å². The summed E-state index contributed by atoms with van der Waals surface area (Å²) in [6.07, 6.45) is 5.30. The van der Waals surface area contributed by atoms with Crippen molar-refractivity contribution in [1.29, 1.82) is 0 Å². The Labute approximate surface area is 103 Å². The lowest BCUT2D eigenvalue weighted by Crippen LogP contribution is -2.39. The number of nitrogens with two attached hydrogens (primary N) is 1. The van der Waals surface area contributed by atoms with Crippen LogP contribution in [0.15, 0.2) is 0 Å². The zero-order valence-electron chi connectivity index (χ0n) is 10.7. The highest BCUT2D eigenvalue weighted by Gasteiger charge is 2.36. The maximum atomic E-state index is 12.2. The van der Waals surface area contributed by atoms with Gasteiger partial charge in [0.15, 0.2) is 0 Å². The second-order valence-electron chi connectivity index (χ2n) is 5.24. The Morgan fingerprint density at radius 3 is 2.59 bits per heavy atom. The van der Waals surface area contributed by atoms with Crippen LogP contribution < -0.4 is 5.73 Å². The minimum Gasteiger partial charge on any atom is -0.377 e. The Morgan fingerprint density at radius 1 is 1.41 bits per heavy atom. The van der Waals surface area contributed by atoms with Crippen molar-refractivity contribution >= 4 is 5.91 Å². The zero-order valence-corrected chi connectivity index (χ0v) is 10.7. The van der Waals surface area contributed by atoms with Gasteiger partial charge in [0.2, 0.25) is 5.91 Å². The fourth-order valence-corrected chi connectivity index (χ4v) is 2.18. The van der Waals surface area contributed by atoms with Gasteiger partial charge in [-0.25, -0.2) is 0 Å². The summed E-state index contributed by atoms with van der Waals surface area (Å²) in [5.74, 6) is 1.01. The van der Waals surface area contributed by atoms with E-state index in [1.165, 1.54) is 25.7 Å². The molecule has 2 saturated carbocycles. The first kappa shape index (κ1) is 12.8. The van der Waals surface area contributed by atoms with Gasteiger partial charge in [0, 0.05) is 25.7 Å². The van der Waals surface area contributed by atoms with E-state index in [-0.39, 0.29) is 12.0 Å². The number of hydrogen-bond donors (Lipinski definition) is 1. The average molecular weight is 240 g/mol. The lowest BCUT2D eigenvalue weighted by Gasteiger charge is -2.24. The van der Waals surface area contributed by atoms with Crippen LogP contribution in [-0.2, 0) is 9.53 Å². The highest BCUT2D eigenvalue weighted by Crippen LogP contribution is 2.35. The second-order valence-corrected chi connectivity index (χ2v) is 5.24. The van der Waals surface area contributed by atoms with Gasteiger partial charge < -0.3 is 15.4 Å². The van der Waals surface area contributed by atoms with E-state index >= 15 is 0 Å². The maximum Gasteiger partial charge on any atom is 0.225 e. The molecule has 4 heteroatoms. The number of hydrogen-bond acceptors (Lipinski definition) is 3. The van der Waals surface area contributed by atoms with Crippen LogP contribution in [0.2, 0.25) is 0 Å². The van der Waals surface area contributed by atoms with Crippen LogP contribution in [0.25, 0.3) is 0 Å². The molecule has 2 aliphatic rings. The fourth-order valence-electron chi connectivity index (χ4n) is 2.18. The Bertz CT molecular complexity index is 262. The highest BCUT2D eigenvalue weighted by molar-refractivity contribution is 5.77. The molecule has 0 heterocycles. The Morgan fingerprint density at radius 2 is 2.12 bits per heavy atom. The van der Waals surface area contributed by atoms with Crippen molar-refractivity contribution < 1.29 is 9.53 Å². The Balaban J connectivity index is 1.81. The van der Waals surface area contributed by atoms with Gasteiger partial charge in [0.1, 0.15) is 0 Å². The van der Waals surface area contributed by atoms with E-state index in [0.29, 0.717) is 25.6 Å². The molecule has 1 amide bonds. The van der Waals surface area contributed by atoms with Crippen molar-refractivity contribution in [1.82, 2.24) is 4.90 Å². The third-order valence-corrected chi connectivity index (χ3v) is 3.53. The van der Waals surface area contributed by atoms with Gasteiger partial charge >= 0.3 is 0 Å². The van der Waals surface area contributed by atoms with Crippen molar-refractivity contribution in [3.8, 4) is 0 Å². The molecule has 0 saturated heterocycles. The predicted molar refractivity (Wildman–Crippen MR) is 66.5 cm³/mol. The third kappa shape index (κ3) is 3.96. The number of amides is 1. The summed E-state index contributed by atoms with van der Waals surface area (Å²) >= 11 is 0. The molecule has 0 aromatic carbocycles. The molecular formula is C13H24N2O2. The quantitative estimate of drug-likeness (QED) is 0.692. The van der Waals surface area contributed by atoms with Crippen LogP contribution in [0.1, 0.15) is 39.0 Å². The molecular weight excluding hydrogens is 216 g/mol. The molecule has 0 spiro atoms. The van der Waals surface area contributed by atoms with Gasteiger partial charge in [-0.1, -0.05) is 0 Å². The normalized spacial score (nSPS) is 21.3. The summed E-state index contributed by atoms with van der Waals surface area (Å²) < 4.78 is 5.46. The van der Waals surface area contributed by atoms with Gasteiger partial charge in [-0.2, -0.15) is 0 Å². The van der Waals surface area contributed by atoms with E-state index in [0.717, 1.165) is 12.5 Å². The van der Waals surface area contributed by atoms with Gasteiger partial charge in [-0.05, 0) is 38.5 Å². The molecule has 98 valence electrons. The number of ether oxygens (including phenoxy) is 1. The van der Waals surface area contributed by atoms with Crippen molar-refractivity contribution in [3.05, 3.63) is 0 Å². The lowest BCUT2D eigenvalue weighted by molar-refractivity contribution is -0.134. The van der Waals surface area contributed by atoms with Crippen molar-refractivity contribution in [2.75, 3.05) is 19.7 Å². The highest BCUT2D eigenvalue weighted by atomic mass is 16.5. The third-order valence-electron chi connectivity index (χ3n) is 3.53. The molecule has 0 radical (unpaired) electrons. The smallest absolute Gasteiger partial charge is 0.225 e. The van der Waals surface area contributed by atoms with Crippen LogP contribution in [0.4, 0.5) is 0 Å². The lowest BCUT2D eigenvalue weighted by atomic mass is 10.2. The molecule has 0 aromatic heterocycles. The second kappa shape index (κ2) is 5.83. The van der Waals surface area contributed by atoms with Crippen molar-refractivity contribution in [3.63, 3.8) is 0 Å². The van der Waals surface area contributed by atoms with Gasteiger partial charge in [-0.3, -0.25) is 4.79 Å². The predicted octanol–water partition coefficient (Wildman–Crippen LogP) is 1.14. The molecule has 0 aliphatic heterocycles. The summed E-state index contributed by atoms with van der Waals surface area (Å²) in [5, 5.41) is 0. The Kier molecular flexibility index (Phi) is 4.40. The van der Waals surface area contributed by atoms with Crippen molar-refractivity contribution in [2.45, 2.75) is 51.2 Å². The van der Waals surface area contributed by atoms with E-state index in [9.17, 15) is 4.79 Å². The molecule has 1 atom stereocenters. The molecule has 2 fully saturated rings. The van der Waals surface area contributed by atoms with Gasteiger partial charge in [0.05, 0.1) is 12.5 Å². The monoisotopic (exact) mass is 240 g/mol. The summed E-state index contributed by atoms with van der Waals surface area (Å²) in [7, 11) is 0. The first-order valence-corrected chi connectivity index (χ1v) is 6.85. The van der Waals surface area contributed by atoms with E-state index in [1.807, 2.05) is 6.92 Å². The number of nitrogens with zero attached hydrogens (tertiary/aromatic N) is 1. The largest absolute Gasteiger partial charge is 0.377 e. The standard InChI is InChI=1S/C13H24N2O2/c1-2-17-12(8-14)7-13(16)15(11-5-6-11)9-10-3-4-10/h10-12H,2-9,14H2,1H3. The summed E-state index contributed by atoms with van der Waals surface area (Å²) in [6.45, 7) is 3.96. The number of carbonyl (C=O) groups is 1. The summed E-state index contributed by atoms with van der Waals surface area (Å²) in [5.41, 5.74) is 5.62. The number of carbonyl (C=O) groups excluding carboxylic acids is 1. The maximum absolute atomic E-state index is 12.2. The minimum absolute atomic E-state index is 0.104. The Hall–Kier alpha value is -0.610. The topological polar surface area (TPSA) is 55.6 Å². The molecule has 0 aromatic rings. The summed E-state index contributed by atoms with van der Waals surface area (Å²) in [6, 6.07) is 0.517. The van der Waals surface area contributed by atoms with E-state index in [1.54, 1.807) is 0 Å². The van der Waals surface area contributed by atoms with E-state index in [2.05, 4.69) is 4.90 Å². The fraction of sp³-hybridized carbons (Fsp3) is 0.923. The van der Waals surface area contributed by atoms with E-state index in [4.69, 9.17) is 10.5 Å². The van der Waals surface area contributed by atoms with Crippen LogP contribution in [0.5, 0.6) is 0 Å². The van der Waals surface area contributed by atoms with Crippen molar-refractivity contribution in [2.24, 2.45) is 11.7 Å². The van der Waals surface area contributed by atoms with Crippen LogP contribution in [0.3, 0.4) is 0 Å². The molecule has 2 N–H and O–H groups in total. The summed E-state index contributed by atoms with van der Waals surface area (Å²) in [4.78, 5) is 14.3. The molecule has 17 heavy (non-hydrogen) atoms. The van der Waals surface area contributed by atoms with Gasteiger partial charge in [0.25, 0.3) is 0 Å². The molecule has 0 bridgehead atoms. The molecule has 2 aliphatic carbocycles. The molecule has 2 rings (SSSR count).